The third-order valence-electron chi connectivity index (χ3n) is 4.03. The van der Waals surface area contributed by atoms with E-state index < -0.39 is 17.7 Å². The van der Waals surface area contributed by atoms with Crippen molar-refractivity contribution in [3.05, 3.63) is 83.9 Å². The minimum atomic E-state index is -0.616. The van der Waals surface area contributed by atoms with Crippen molar-refractivity contribution in [1.82, 2.24) is 5.32 Å². The molecule has 3 aromatic rings. The summed E-state index contributed by atoms with van der Waals surface area (Å²) in [5.74, 6) is -1.54. The third-order valence-corrected chi connectivity index (χ3v) is 4.03. The Morgan fingerprint density at radius 1 is 0.920 bits per heavy atom. The van der Waals surface area contributed by atoms with Crippen LogP contribution in [0.4, 0.5) is 0 Å². The number of nitriles is 1. The van der Waals surface area contributed by atoms with E-state index in [1.54, 1.807) is 30.3 Å². The molecule has 3 rings (SSSR count). The zero-order valence-electron chi connectivity index (χ0n) is 13.5. The van der Waals surface area contributed by atoms with Crippen molar-refractivity contribution in [2.24, 2.45) is 0 Å². The molecule has 0 saturated carbocycles. The maximum Gasteiger partial charge on any atom is 0.257 e. The van der Waals surface area contributed by atoms with Gasteiger partial charge in [0, 0.05) is 12.0 Å². The van der Waals surface area contributed by atoms with Gasteiger partial charge in [0.15, 0.2) is 0 Å². The highest BCUT2D eigenvalue weighted by molar-refractivity contribution is 6.05. The molecule has 0 bridgehead atoms. The number of carbonyl (C=O) groups is 2. The van der Waals surface area contributed by atoms with Crippen molar-refractivity contribution in [2.75, 3.05) is 0 Å². The monoisotopic (exact) mass is 328 g/mol. The summed E-state index contributed by atoms with van der Waals surface area (Å²) in [6.45, 7) is 0. The Hall–Kier alpha value is -3.45. The van der Waals surface area contributed by atoms with Gasteiger partial charge in [0.1, 0.15) is 0 Å². The molecule has 0 spiro atoms. The summed E-state index contributed by atoms with van der Waals surface area (Å²) < 4.78 is 0. The molecule has 122 valence electrons. The normalized spacial score (nSPS) is 11.5. The molecule has 4 heteroatoms. The Morgan fingerprint density at radius 2 is 1.60 bits per heavy atom. The van der Waals surface area contributed by atoms with Gasteiger partial charge in [0.2, 0.25) is 5.91 Å². The number of hydrogen-bond acceptors (Lipinski definition) is 3. The first-order chi connectivity index (χ1) is 12.2. The molecule has 0 fully saturated rings. The lowest BCUT2D eigenvalue weighted by Crippen LogP contribution is -2.31. The van der Waals surface area contributed by atoms with Gasteiger partial charge in [0.25, 0.3) is 5.91 Å². The molecule has 0 aliphatic carbocycles. The Kier molecular flexibility index (Phi) is 4.87. The summed E-state index contributed by atoms with van der Waals surface area (Å²) in [7, 11) is 0. The van der Waals surface area contributed by atoms with Crippen LogP contribution in [0.3, 0.4) is 0 Å². The molecule has 4 nitrogen and oxygen atoms in total. The standard InChI is InChI=1S/C21H16N2O2/c22-14-17(19-12-6-10-15-7-4-5-11-18(15)19)13-20(24)23-21(25)16-8-2-1-3-9-16/h1-12,17H,13H2,(H,23,24,25). The molecule has 25 heavy (non-hydrogen) atoms. The quantitative estimate of drug-likeness (QED) is 0.792. The molecule has 2 amide bonds. The van der Waals surface area contributed by atoms with E-state index in [2.05, 4.69) is 11.4 Å². The first-order valence-electron chi connectivity index (χ1n) is 7.95. The first kappa shape index (κ1) is 16.4. The van der Waals surface area contributed by atoms with E-state index in [-0.39, 0.29) is 6.42 Å². The molecular formula is C21H16N2O2. The number of nitrogens with zero attached hydrogens (tertiary/aromatic N) is 1. The van der Waals surface area contributed by atoms with Crippen LogP contribution in [0.25, 0.3) is 10.8 Å². The van der Waals surface area contributed by atoms with E-state index in [0.29, 0.717) is 5.56 Å². The number of amides is 2. The molecule has 0 aliphatic heterocycles. The van der Waals surface area contributed by atoms with E-state index in [1.165, 1.54) is 0 Å². The fraction of sp³-hybridized carbons (Fsp3) is 0.0952. The van der Waals surface area contributed by atoms with Gasteiger partial charge in [-0.25, -0.2) is 0 Å². The fourth-order valence-corrected chi connectivity index (χ4v) is 2.80. The van der Waals surface area contributed by atoms with Crippen molar-refractivity contribution in [1.29, 1.82) is 5.26 Å². The van der Waals surface area contributed by atoms with Crippen LogP contribution in [0, 0.1) is 11.3 Å². The van der Waals surface area contributed by atoms with Crippen LogP contribution in [0.15, 0.2) is 72.8 Å². The first-order valence-corrected chi connectivity index (χ1v) is 7.95. The lowest BCUT2D eigenvalue weighted by atomic mass is 9.92. The molecule has 0 radical (unpaired) electrons. The van der Waals surface area contributed by atoms with Crippen molar-refractivity contribution >= 4 is 22.6 Å². The van der Waals surface area contributed by atoms with Crippen LogP contribution in [0.1, 0.15) is 28.3 Å². The zero-order chi connectivity index (χ0) is 17.6. The molecule has 1 atom stereocenters. The van der Waals surface area contributed by atoms with Crippen molar-refractivity contribution in [3.8, 4) is 6.07 Å². The minimum Gasteiger partial charge on any atom is -0.292 e. The number of rotatable bonds is 4. The largest absolute Gasteiger partial charge is 0.292 e. The van der Waals surface area contributed by atoms with Crippen LogP contribution in [0.2, 0.25) is 0 Å². The predicted octanol–water partition coefficient (Wildman–Crippen LogP) is 3.79. The molecule has 0 saturated heterocycles. The molecule has 0 heterocycles. The van der Waals surface area contributed by atoms with Gasteiger partial charge >= 0.3 is 0 Å². The van der Waals surface area contributed by atoms with Crippen LogP contribution >= 0.6 is 0 Å². The number of imide groups is 1. The van der Waals surface area contributed by atoms with E-state index in [0.717, 1.165) is 16.3 Å². The Morgan fingerprint density at radius 3 is 2.36 bits per heavy atom. The summed E-state index contributed by atoms with van der Waals surface area (Å²) in [6.07, 6.45) is -0.0664. The zero-order valence-corrected chi connectivity index (χ0v) is 13.5. The summed E-state index contributed by atoms with van der Waals surface area (Å²) in [6, 6.07) is 24.1. The van der Waals surface area contributed by atoms with E-state index >= 15 is 0 Å². The smallest absolute Gasteiger partial charge is 0.257 e. The van der Waals surface area contributed by atoms with Gasteiger partial charge in [-0.05, 0) is 28.5 Å². The number of carbonyl (C=O) groups excluding carboxylic acids is 2. The van der Waals surface area contributed by atoms with Gasteiger partial charge in [-0.1, -0.05) is 60.7 Å². The maximum atomic E-state index is 12.2. The Labute approximate surface area is 145 Å². The molecule has 3 aromatic carbocycles. The van der Waals surface area contributed by atoms with Crippen molar-refractivity contribution in [2.45, 2.75) is 12.3 Å². The van der Waals surface area contributed by atoms with Crippen LogP contribution in [-0.2, 0) is 4.79 Å². The van der Waals surface area contributed by atoms with Gasteiger partial charge < -0.3 is 0 Å². The average Bonchev–Trinajstić information content (AvgIpc) is 2.66. The van der Waals surface area contributed by atoms with E-state index in [9.17, 15) is 14.9 Å². The number of fused-ring (bicyclic) bond motifs is 1. The van der Waals surface area contributed by atoms with E-state index in [1.807, 2.05) is 42.5 Å². The summed E-state index contributed by atoms with van der Waals surface area (Å²) >= 11 is 0. The summed E-state index contributed by atoms with van der Waals surface area (Å²) in [5, 5.41) is 13.8. The van der Waals surface area contributed by atoms with Crippen LogP contribution in [-0.4, -0.2) is 11.8 Å². The topological polar surface area (TPSA) is 70.0 Å². The lowest BCUT2D eigenvalue weighted by molar-refractivity contribution is -0.120. The second-order valence-electron chi connectivity index (χ2n) is 5.70. The number of hydrogen-bond donors (Lipinski definition) is 1. The fourth-order valence-electron chi connectivity index (χ4n) is 2.80. The van der Waals surface area contributed by atoms with Crippen LogP contribution in [0.5, 0.6) is 0 Å². The van der Waals surface area contributed by atoms with Crippen molar-refractivity contribution < 1.29 is 9.59 Å². The molecule has 1 unspecified atom stereocenters. The maximum absolute atomic E-state index is 12.2. The highest BCUT2D eigenvalue weighted by Crippen LogP contribution is 2.27. The molecule has 0 aliphatic rings. The predicted molar refractivity (Wildman–Crippen MR) is 95.8 cm³/mol. The van der Waals surface area contributed by atoms with E-state index in [4.69, 9.17) is 0 Å². The van der Waals surface area contributed by atoms with Crippen molar-refractivity contribution in [3.63, 3.8) is 0 Å². The average molecular weight is 328 g/mol. The minimum absolute atomic E-state index is 0.0664. The third kappa shape index (κ3) is 3.73. The highest BCUT2D eigenvalue weighted by atomic mass is 16.2. The Bertz CT molecular complexity index is 953. The van der Waals surface area contributed by atoms with Gasteiger partial charge in [0.05, 0.1) is 12.0 Å². The molecular weight excluding hydrogens is 312 g/mol. The van der Waals surface area contributed by atoms with Crippen LogP contribution < -0.4 is 5.32 Å². The molecule has 0 aromatic heterocycles. The number of nitrogens with one attached hydrogen (secondary N) is 1. The summed E-state index contributed by atoms with van der Waals surface area (Å²) in [4.78, 5) is 24.3. The molecule has 1 N–H and O–H groups in total. The lowest BCUT2D eigenvalue weighted by Gasteiger charge is -2.12. The summed E-state index contributed by atoms with van der Waals surface area (Å²) in [5.41, 5.74) is 1.21. The number of benzene rings is 3. The van der Waals surface area contributed by atoms with Gasteiger partial charge in [-0.15, -0.1) is 0 Å². The van der Waals surface area contributed by atoms with Gasteiger partial charge in [-0.3, -0.25) is 14.9 Å². The van der Waals surface area contributed by atoms with Gasteiger partial charge in [-0.2, -0.15) is 5.26 Å². The SMILES string of the molecule is N#CC(CC(=O)NC(=O)c1ccccc1)c1cccc2ccccc12. The highest BCUT2D eigenvalue weighted by Gasteiger charge is 2.19. The second-order valence-corrected chi connectivity index (χ2v) is 5.70. The second kappa shape index (κ2) is 7.41. The Balaban J connectivity index is 1.77.